The smallest absolute Gasteiger partial charge is 0.187 e. The lowest BCUT2D eigenvalue weighted by Gasteiger charge is -2.47. The number of benzene rings is 4. The van der Waals surface area contributed by atoms with Crippen LogP contribution in [0.1, 0.15) is 22.3 Å². The average Bonchev–Trinajstić information content (AvgIpc) is 3.09. The highest BCUT2D eigenvalue weighted by atomic mass is 16.7. The van der Waals surface area contributed by atoms with Gasteiger partial charge in [-0.05, 0) is 34.4 Å². The number of aliphatic hydroxyl groups excluding tert-OH is 2. The third-order valence-corrected chi connectivity index (χ3v) is 7.53. The molecule has 1 heterocycles. The van der Waals surface area contributed by atoms with Crippen molar-refractivity contribution in [2.45, 2.75) is 63.2 Å². The summed E-state index contributed by atoms with van der Waals surface area (Å²) in [6, 6.07) is 36.9. The maximum Gasteiger partial charge on any atom is 0.187 e. The number of hydrogen-bond acceptors (Lipinski definition) is 8. The fraction of sp³-hybridized carbons (Fsp3) is 0.333. The van der Waals surface area contributed by atoms with Crippen LogP contribution in [0.15, 0.2) is 115 Å². The van der Waals surface area contributed by atoms with E-state index in [2.05, 4.69) is 0 Å². The molecule has 44 heavy (non-hydrogen) atoms. The third kappa shape index (κ3) is 8.74. The topological polar surface area (TPSA) is 95.8 Å². The van der Waals surface area contributed by atoms with Crippen LogP contribution in [-0.4, -0.2) is 60.7 Å². The van der Waals surface area contributed by atoms with Crippen molar-refractivity contribution in [3.63, 3.8) is 0 Å². The monoisotopic (exact) mass is 600 g/mol. The van der Waals surface area contributed by atoms with Crippen molar-refractivity contribution in [2.75, 3.05) is 13.7 Å². The number of ether oxygens (including phenoxy) is 6. The fourth-order valence-corrected chi connectivity index (χ4v) is 5.14. The van der Waals surface area contributed by atoms with E-state index in [4.69, 9.17) is 28.4 Å². The van der Waals surface area contributed by atoms with Crippen LogP contribution < -0.4 is 4.74 Å². The molecule has 0 aromatic heterocycles. The zero-order valence-corrected chi connectivity index (χ0v) is 24.8. The first kappa shape index (κ1) is 31.8. The van der Waals surface area contributed by atoms with Crippen LogP contribution in [0.4, 0.5) is 0 Å². The van der Waals surface area contributed by atoms with Gasteiger partial charge in [-0.25, -0.2) is 0 Å². The van der Waals surface area contributed by atoms with Crippen molar-refractivity contribution in [1.82, 2.24) is 0 Å². The van der Waals surface area contributed by atoms with Gasteiger partial charge in [-0.1, -0.05) is 103 Å². The lowest BCUT2D eigenvalue weighted by Crippen LogP contribution is -2.63. The second-order valence-electron chi connectivity index (χ2n) is 10.7. The maximum atomic E-state index is 11.0. The summed E-state index contributed by atoms with van der Waals surface area (Å²) in [6.07, 6.45) is -5.39. The Morgan fingerprint density at radius 3 is 1.48 bits per heavy atom. The Bertz CT molecular complexity index is 1350. The van der Waals surface area contributed by atoms with E-state index in [1.54, 1.807) is 7.11 Å². The number of hydrogen-bond donors (Lipinski definition) is 2. The summed E-state index contributed by atoms with van der Waals surface area (Å²) in [5.74, 6) is 0.748. The highest BCUT2D eigenvalue weighted by Gasteiger charge is 2.51. The normalized spacial score (nSPS) is 22.4. The van der Waals surface area contributed by atoms with Gasteiger partial charge >= 0.3 is 0 Å². The van der Waals surface area contributed by atoms with E-state index in [1.165, 1.54) is 0 Å². The minimum Gasteiger partial charge on any atom is -0.497 e. The molecule has 4 aromatic carbocycles. The summed E-state index contributed by atoms with van der Waals surface area (Å²) in [4.78, 5) is 0. The molecule has 1 aliphatic rings. The first-order chi connectivity index (χ1) is 21.6. The van der Waals surface area contributed by atoms with Gasteiger partial charge in [0.15, 0.2) is 6.29 Å². The van der Waals surface area contributed by atoms with E-state index in [0.717, 1.165) is 28.0 Å². The van der Waals surface area contributed by atoms with Gasteiger partial charge < -0.3 is 38.6 Å². The molecule has 1 fully saturated rings. The van der Waals surface area contributed by atoms with Gasteiger partial charge in [0.1, 0.15) is 36.3 Å². The Morgan fingerprint density at radius 1 is 0.568 bits per heavy atom. The Kier molecular flexibility index (Phi) is 11.9. The van der Waals surface area contributed by atoms with Gasteiger partial charge in [-0.15, -0.1) is 0 Å². The largest absolute Gasteiger partial charge is 0.497 e. The summed E-state index contributed by atoms with van der Waals surface area (Å²) in [5.41, 5.74) is 3.79. The highest BCUT2D eigenvalue weighted by Crippen LogP contribution is 2.33. The van der Waals surface area contributed by atoms with Crippen LogP contribution in [0.2, 0.25) is 0 Å². The molecule has 4 aromatic rings. The molecule has 1 unspecified atom stereocenters. The number of methoxy groups -OCH3 is 1. The summed E-state index contributed by atoms with van der Waals surface area (Å²) in [7, 11) is 1.63. The molecule has 0 bridgehead atoms. The van der Waals surface area contributed by atoms with Crippen molar-refractivity contribution >= 4 is 0 Å². The first-order valence-electron chi connectivity index (χ1n) is 14.8. The molecule has 0 radical (unpaired) electrons. The molecule has 0 amide bonds. The minimum atomic E-state index is -1.25. The molecule has 6 atom stereocenters. The standard InChI is InChI=1S/C36H40O8/c1-39-30-19-17-29(18-20-30)24-42-35-34(41-23-27-13-7-3-8-14-27)33(40-22-26-11-5-2-6-12-26)32(31(38)21-37)44-36(35)43-25-28-15-9-4-10-16-28/h2-20,31-38H,21-25H2,1H3/t31?,32-,33-,34+,35-,36+/m1/s1. The Morgan fingerprint density at radius 2 is 1.00 bits per heavy atom. The SMILES string of the molecule is COc1ccc(CO[C@H]2[C@@H](OCc3ccccc3)O[C@H](C(O)CO)[C@@H](OCc3ccccc3)[C@@H]2OCc2ccccc2)cc1. The van der Waals surface area contributed by atoms with Gasteiger partial charge in [-0.2, -0.15) is 0 Å². The van der Waals surface area contributed by atoms with Crippen LogP contribution in [0.3, 0.4) is 0 Å². The van der Waals surface area contributed by atoms with E-state index in [1.807, 2.05) is 115 Å². The van der Waals surface area contributed by atoms with E-state index < -0.39 is 43.4 Å². The number of rotatable bonds is 15. The van der Waals surface area contributed by atoms with Crippen molar-refractivity contribution in [3.05, 3.63) is 138 Å². The van der Waals surface area contributed by atoms with E-state index in [0.29, 0.717) is 0 Å². The van der Waals surface area contributed by atoms with Crippen LogP contribution in [0.5, 0.6) is 5.75 Å². The number of aliphatic hydroxyl groups is 2. The predicted molar refractivity (Wildman–Crippen MR) is 165 cm³/mol. The van der Waals surface area contributed by atoms with Crippen LogP contribution in [0.25, 0.3) is 0 Å². The second kappa shape index (κ2) is 16.5. The Hall–Kier alpha value is -3.60. The Balaban J connectivity index is 1.46. The lowest BCUT2D eigenvalue weighted by atomic mass is 9.94. The molecule has 0 saturated carbocycles. The van der Waals surface area contributed by atoms with Crippen LogP contribution in [0, 0.1) is 0 Å². The van der Waals surface area contributed by atoms with Crippen LogP contribution in [-0.2, 0) is 50.1 Å². The van der Waals surface area contributed by atoms with E-state index in [-0.39, 0.29) is 26.4 Å². The molecule has 8 nitrogen and oxygen atoms in total. The van der Waals surface area contributed by atoms with Crippen molar-refractivity contribution in [3.8, 4) is 5.75 Å². The summed E-state index contributed by atoms with van der Waals surface area (Å²) in [5, 5.41) is 21.0. The van der Waals surface area contributed by atoms with Crippen LogP contribution >= 0.6 is 0 Å². The predicted octanol–water partition coefficient (Wildman–Crippen LogP) is 5.05. The molecule has 232 valence electrons. The third-order valence-electron chi connectivity index (χ3n) is 7.53. The van der Waals surface area contributed by atoms with Crippen molar-refractivity contribution < 1.29 is 38.6 Å². The molecule has 1 saturated heterocycles. The molecular formula is C36H40O8. The van der Waals surface area contributed by atoms with Crippen molar-refractivity contribution in [2.24, 2.45) is 0 Å². The van der Waals surface area contributed by atoms with E-state index >= 15 is 0 Å². The molecule has 5 rings (SSSR count). The highest BCUT2D eigenvalue weighted by molar-refractivity contribution is 5.26. The molecule has 8 heteroatoms. The zero-order chi connectivity index (χ0) is 30.6. The average molecular weight is 601 g/mol. The van der Waals surface area contributed by atoms with Gasteiger partial charge in [0, 0.05) is 0 Å². The summed E-state index contributed by atoms with van der Waals surface area (Å²) in [6.45, 7) is 0.482. The molecule has 1 aliphatic heterocycles. The van der Waals surface area contributed by atoms with E-state index in [9.17, 15) is 10.2 Å². The zero-order valence-electron chi connectivity index (χ0n) is 24.8. The molecule has 2 N–H and O–H groups in total. The summed E-state index contributed by atoms with van der Waals surface area (Å²) >= 11 is 0. The van der Waals surface area contributed by atoms with Crippen molar-refractivity contribution in [1.29, 1.82) is 0 Å². The lowest BCUT2D eigenvalue weighted by molar-refractivity contribution is -0.337. The quantitative estimate of drug-likeness (QED) is 0.196. The minimum absolute atomic E-state index is 0.243. The molecular weight excluding hydrogens is 560 g/mol. The van der Waals surface area contributed by atoms with Gasteiger partial charge in [-0.3, -0.25) is 0 Å². The summed E-state index contributed by atoms with van der Waals surface area (Å²) < 4.78 is 37.6. The molecule has 0 spiro atoms. The van der Waals surface area contributed by atoms with Gasteiger partial charge in [0.2, 0.25) is 0 Å². The second-order valence-corrected chi connectivity index (χ2v) is 10.7. The van der Waals surface area contributed by atoms with Gasteiger partial charge in [0.25, 0.3) is 0 Å². The molecule has 0 aliphatic carbocycles. The first-order valence-corrected chi connectivity index (χ1v) is 14.8. The Labute approximate surface area is 258 Å². The van der Waals surface area contributed by atoms with Gasteiger partial charge in [0.05, 0.1) is 40.1 Å². The fourth-order valence-electron chi connectivity index (χ4n) is 5.14. The maximum absolute atomic E-state index is 11.0.